The molecule has 2 heterocycles. The molecule has 6 nitrogen and oxygen atoms in total. The molecule has 0 radical (unpaired) electrons. The minimum absolute atomic E-state index is 0.106. The highest BCUT2D eigenvalue weighted by Gasteiger charge is 2.52. The third-order valence-corrected chi connectivity index (χ3v) is 7.47. The number of aliphatic hydroxyl groups excluding tert-OH is 1. The molecular weight excluding hydrogens is 493 g/mol. The van der Waals surface area contributed by atoms with Crippen molar-refractivity contribution in [3.8, 4) is 0 Å². The summed E-state index contributed by atoms with van der Waals surface area (Å²) in [5, 5.41) is 14.3. The Bertz CT molecular complexity index is 1200. The third-order valence-electron chi connectivity index (χ3n) is 7.47. The summed E-state index contributed by atoms with van der Waals surface area (Å²) in [5.41, 5.74) is 0.709. The number of piperazine rings is 1. The molecule has 2 saturated heterocycles. The fraction of sp³-hybridized carbons (Fsp3) is 0.345. The predicted molar refractivity (Wildman–Crippen MR) is 139 cm³/mol. The summed E-state index contributed by atoms with van der Waals surface area (Å²) in [6.45, 7) is 5.29. The summed E-state index contributed by atoms with van der Waals surface area (Å²) in [5.74, 6) is -1.40. The van der Waals surface area contributed by atoms with Gasteiger partial charge < -0.3 is 14.9 Å². The van der Waals surface area contributed by atoms with Gasteiger partial charge in [0.25, 0.3) is 5.91 Å². The maximum atomic E-state index is 14.0. The number of amides is 1. The number of hydrogen-bond donors (Lipinski definition) is 2. The van der Waals surface area contributed by atoms with Crippen molar-refractivity contribution in [3.05, 3.63) is 101 Å². The molecule has 5 rings (SSSR count). The van der Waals surface area contributed by atoms with Gasteiger partial charge in [0, 0.05) is 45.0 Å². The molecule has 0 spiro atoms. The van der Waals surface area contributed by atoms with Crippen LogP contribution in [0.1, 0.15) is 18.1 Å². The molecule has 2 N–H and O–H groups in total. The number of β-amino-alcohol motifs (C(OH)–C–C–N with tert-alkyl or cyclic N) is 1. The van der Waals surface area contributed by atoms with E-state index in [1.54, 1.807) is 41.3 Å². The van der Waals surface area contributed by atoms with Crippen LogP contribution in [-0.2, 0) is 10.3 Å². The molecule has 1 amide bonds. The fourth-order valence-electron chi connectivity index (χ4n) is 5.49. The van der Waals surface area contributed by atoms with Crippen LogP contribution >= 0.6 is 0 Å². The second kappa shape index (κ2) is 10.8. The summed E-state index contributed by atoms with van der Waals surface area (Å²) in [7, 11) is 0. The number of carbonyl (C=O) groups excluding carboxylic acids is 1. The van der Waals surface area contributed by atoms with E-state index in [0.29, 0.717) is 17.7 Å². The number of nitrogens with one attached hydrogen (secondary N) is 1. The number of rotatable bonds is 7. The standard InChI is InChI=1S/C29H31F3N4O2/c1-20-33-29(21-2-6-23(30)7-3-21,22-4-8-24(31)9-5-22)28(38)36(20)19-27(37)18-34-14-16-35(17-15-34)26-12-10-25(32)11-13-26/h2-13,20,27,33,37H,14-19H2,1H3. The average molecular weight is 525 g/mol. The van der Waals surface area contributed by atoms with Crippen LogP contribution in [0.3, 0.4) is 0 Å². The number of anilines is 1. The first-order valence-electron chi connectivity index (χ1n) is 12.8. The number of aliphatic hydroxyl groups is 1. The zero-order chi connectivity index (χ0) is 26.9. The number of benzene rings is 3. The van der Waals surface area contributed by atoms with Crippen molar-refractivity contribution in [3.63, 3.8) is 0 Å². The lowest BCUT2D eigenvalue weighted by Crippen LogP contribution is -2.51. The molecule has 9 heteroatoms. The largest absolute Gasteiger partial charge is 0.390 e. The molecule has 38 heavy (non-hydrogen) atoms. The number of nitrogens with zero attached hydrogens (tertiary/aromatic N) is 3. The molecule has 2 aliphatic heterocycles. The molecule has 0 aromatic heterocycles. The first kappa shape index (κ1) is 26.2. The topological polar surface area (TPSA) is 59.1 Å². The van der Waals surface area contributed by atoms with Crippen LogP contribution in [0.25, 0.3) is 0 Å². The van der Waals surface area contributed by atoms with E-state index in [-0.39, 0.29) is 18.3 Å². The molecule has 2 fully saturated rings. The van der Waals surface area contributed by atoms with Gasteiger partial charge in [-0.05, 0) is 66.6 Å². The van der Waals surface area contributed by atoms with Gasteiger partial charge in [-0.25, -0.2) is 13.2 Å². The number of carbonyl (C=O) groups is 1. The van der Waals surface area contributed by atoms with E-state index in [1.165, 1.54) is 36.4 Å². The summed E-state index contributed by atoms with van der Waals surface area (Å²) in [6, 6.07) is 17.8. The first-order valence-corrected chi connectivity index (χ1v) is 12.8. The van der Waals surface area contributed by atoms with Gasteiger partial charge >= 0.3 is 0 Å². The van der Waals surface area contributed by atoms with Crippen LogP contribution in [0, 0.1) is 17.5 Å². The van der Waals surface area contributed by atoms with E-state index in [9.17, 15) is 23.1 Å². The Morgan fingerprint density at radius 1 is 0.816 bits per heavy atom. The van der Waals surface area contributed by atoms with Crippen LogP contribution in [0.4, 0.5) is 18.9 Å². The molecular formula is C29H31F3N4O2. The van der Waals surface area contributed by atoms with E-state index in [0.717, 1.165) is 31.9 Å². The van der Waals surface area contributed by atoms with Gasteiger partial charge in [-0.1, -0.05) is 24.3 Å². The number of hydrogen-bond acceptors (Lipinski definition) is 5. The van der Waals surface area contributed by atoms with Crippen molar-refractivity contribution in [2.24, 2.45) is 0 Å². The van der Waals surface area contributed by atoms with Gasteiger partial charge in [0.05, 0.1) is 12.3 Å². The molecule has 0 aliphatic carbocycles. The van der Waals surface area contributed by atoms with Crippen molar-refractivity contribution in [1.82, 2.24) is 15.1 Å². The lowest BCUT2D eigenvalue weighted by molar-refractivity contribution is -0.133. The van der Waals surface area contributed by atoms with Crippen molar-refractivity contribution >= 4 is 11.6 Å². The first-order chi connectivity index (χ1) is 18.3. The molecule has 0 bridgehead atoms. The van der Waals surface area contributed by atoms with Crippen molar-refractivity contribution in [2.45, 2.75) is 24.7 Å². The van der Waals surface area contributed by atoms with Crippen LogP contribution in [0.2, 0.25) is 0 Å². The third kappa shape index (κ3) is 5.14. The predicted octanol–water partition coefficient (Wildman–Crippen LogP) is 3.31. The van der Waals surface area contributed by atoms with Crippen LogP contribution in [-0.4, -0.2) is 72.4 Å². The Labute approximate surface area is 220 Å². The van der Waals surface area contributed by atoms with Gasteiger partial charge in [0.2, 0.25) is 0 Å². The summed E-state index contributed by atoms with van der Waals surface area (Å²) >= 11 is 0. The second-order valence-corrected chi connectivity index (χ2v) is 9.96. The minimum atomic E-state index is -1.33. The molecule has 0 saturated carbocycles. The van der Waals surface area contributed by atoms with Gasteiger partial charge in [0.1, 0.15) is 17.5 Å². The monoisotopic (exact) mass is 524 g/mol. The van der Waals surface area contributed by atoms with Crippen LogP contribution < -0.4 is 10.2 Å². The Kier molecular flexibility index (Phi) is 7.43. The lowest BCUT2D eigenvalue weighted by Gasteiger charge is -2.37. The van der Waals surface area contributed by atoms with Crippen molar-refractivity contribution < 1.29 is 23.1 Å². The van der Waals surface area contributed by atoms with Crippen molar-refractivity contribution in [1.29, 1.82) is 0 Å². The van der Waals surface area contributed by atoms with Gasteiger partial charge in [-0.2, -0.15) is 0 Å². The molecule has 3 aromatic carbocycles. The Balaban J connectivity index is 1.28. The Hall–Kier alpha value is -3.40. The smallest absolute Gasteiger partial charge is 0.253 e. The second-order valence-electron chi connectivity index (χ2n) is 9.96. The van der Waals surface area contributed by atoms with E-state index in [2.05, 4.69) is 15.1 Å². The Morgan fingerprint density at radius 2 is 1.29 bits per heavy atom. The fourth-order valence-corrected chi connectivity index (χ4v) is 5.49. The summed E-state index contributed by atoms with van der Waals surface area (Å²) in [4.78, 5) is 19.9. The minimum Gasteiger partial charge on any atom is -0.390 e. The van der Waals surface area contributed by atoms with E-state index in [4.69, 9.17) is 0 Å². The van der Waals surface area contributed by atoms with E-state index < -0.39 is 29.4 Å². The highest BCUT2D eigenvalue weighted by Crippen LogP contribution is 2.37. The van der Waals surface area contributed by atoms with Crippen molar-refractivity contribution in [2.75, 3.05) is 44.2 Å². The highest BCUT2D eigenvalue weighted by atomic mass is 19.1. The molecule has 200 valence electrons. The zero-order valence-corrected chi connectivity index (χ0v) is 21.2. The van der Waals surface area contributed by atoms with Crippen LogP contribution in [0.15, 0.2) is 72.8 Å². The normalized spacial score (nSPS) is 20.7. The Morgan fingerprint density at radius 3 is 1.79 bits per heavy atom. The maximum absolute atomic E-state index is 14.0. The highest BCUT2D eigenvalue weighted by molar-refractivity contribution is 5.94. The maximum Gasteiger partial charge on any atom is 0.253 e. The quantitative estimate of drug-likeness (QED) is 0.497. The molecule has 2 atom stereocenters. The van der Waals surface area contributed by atoms with Gasteiger partial charge in [-0.15, -0.1) is 0 Å². The van der Waals surface area contributed by atoms with Gasteiger partial charge in [-0.3, -0.25) is 15.0 Å². The molecule has 2 unspecified atom stereocenters. The summed E-state index contributed by atoms with van der Waals surface area (Å²) < 4.78 is 40.7. The van der Waals surface area contributed by atoms with E-state index in [1.807, 2.05) is 6.92 Å². The zero-order valence-electron chi connectivity index (χ0n) is 21.2. The van der Waals surface area contributed by atoms with Crippen LogP contribution in [0.5, 0.6) is 0 Å². The van der Waals surface area contributed by atoms with Gasteiger partial charge in [0.15, 0.2) is 5.54 Å². The SMILES string of the molecule is CC1NC(c2ccc(F)cc2)(c2ccc(F)cc2)C(=O)N1CC(O)CN1CCN(c2ccc(F)cc2)CC1. The summed E-state index contributed by atoms with van der Waals surface area (Å²) in [6.07, 6.45) is -1.22. The lowest BCUT2D eigenvalue weighted by atomic mass is 9.82. The molecule has 3 aromatic rings. The average Bonchev–Trinajstić information content (AvgIpc) is 3.16. The van der Waals surface area contributed by atoms with E-state index >= 15 is 0 Å². The number of halogens is 3. The molecule has 2 aliphatic rings.